The van der Waals surface area contributed by atoms with Crippen LogP contribution in [0.3, 0.4) is 0 Å². The van der Waals surface area contributed by atoms with E-state index in [4.69, 9.17) is 11.6 Å². The van der Waals surface area contributed by atoms with E-state index >= 15 is 0 Å². The van der Waals surface area contributed by atoms with Gasteiger partial charge >= 0.3 is 0 Å². The Labute approximate surface area is 159 Å². The van der Waals surface area contributed by atoms with Gasteiger partial charge in [-0.05, 0) is 5.56 Å². The van der Waals surface area contributed by atoms with Crippen LogP contribution < -0.4 is 5.32 Å². The average Bonchev–Trinajstić information content (AvgIpc) is 2.94. The summed E-state index contributed by atoms with van der Waals surface area (Å²) in [5, 5.41) is 3.71. The lowest BCUT2D eigenvalue weighted by Gasteiger charge is -2.23. The number of likely N-dealkylation sites (N-methyl/N-ethyl adjacent to an activating group) is 1. The van der Waals surface area contributed by atoms with Crippen LogP contribution in [-0.2, 0) is 24.9 Å². The highest BCUT2D eigenvalue weighted by molar-refractivity contribution is 6.29. The van der Waals surface area contributed by atoms with Crippen molar-refractivity contribution < 1.29 is 4.79 Å². The molecular formula is C18H25ClN6O. The summed E-state index contributed by atoms with van der Waals surface area (Å²) < 4.78 is 1.82. The molecule has 0 bridgehead atoms. The summed E-state index contributed by atoms with van der Waals surface area (Å²) in [5.41, 5.74) is 1.10. The zero-order valence-corrected chi connectivity index (χ0v) is 16.4. The molecule has 0 aliphatic rings. The minimum absolute atomic E-state index is 0.0224. The smallest absolute Gasteiger partial charge is 0.241 e. The summed E-state index contributed by atoms with van der Waals surface area (Å²) in [7, 11) is 7.22. The lowest BCUT2D eigenvalue weighted by Crippen LogP contribution is -2.43. The highest BCUT2D eigenvalue weighted by atomic mass is 35.5. The fourth-order valence-electron chi connectivity index (χ4n) is 2.23. The first-order valence-electron chi connectivity index (χ1n) is 8.28. The predicted molar refractivity (Wildman–Crippen MR) is 104 cm³/mol. The molecule has 0 aliphatic carbocycles. The van der Waals surface area contributed by atoms with Gasteiger partial charge in [0.05, 0.1) is 25.8 Å². The number of aliphatic imine (C=N–C) groups is 1. The average molecular weight is 377 g/mol. The Bertz CT molecular complexity index is 756. The third kappa shape index (κ3) is 5.49. The van der Waals surface area contributed by atoms with Crippen molar-refractivity contribution in [3.63, 3.8) is 0 Å². The molecule has 1 aromatic carbocycles. The zero-order valence-electron chi connectivity index (χ0n) is 15.6. The summed E-state index contributed by atoms with van der Waals surface area (Å²) in [6.07, 6.45) is 1.62. The Morgan fingerprint density at radius 2 is 1.96 bits per heavy atom. The van der Waals surface area contributed by atoms with Gasteiger partial charge in [-0.25, -0.2) is 9.98 Å². The first-order chi connectivity index (χ1) is 12.4. The van der Waals surface area contributed by atoms with Gasteiger partial charge < -0.3 is 19.7 Å². The summed E-state index contributed by atoms with van der Waals surface area (Å²) in [5.74, 6) is 1.42. The van der Waals surface area contributed by atoms with Gasteiger partial charge in [0.1, 0.15) is 11.0 Å². The summed E-state index contributed by atoms with van der Waals surface area (Å²) >= 11 is 6.06. The Balaban J connectivity index is 2.12. The van der Waals surface area contributed by atoms with Gasteiger partial charge in [0.15, 0.2) is 5.96 Å². The van der Waals surface area contributed by atoms with Crippen molar-refractivity contribution in [3.8, 4) is 0 Å². The molecule has 0 fully saturated rings. The van der Waals surface area contributed by atoms with Crippen LogP contribution in [0.5, 0.6) is 0 Å². The van der Waals surface area contributed by atoms with Gasteiger partial charge in [-0.15, -0.1) is 0 Å². The maximum atomic E-state index is 11.9. The minimum Gasteiger partial charge on any atom is -0.347 e. The van der Waals surface area contributed by atoms with E-state index < -0.39 is 0 Å². The van der Waals surface area contributed by atoms with Gasteiger partial charge in [-0.2, -0.15) is 0 Å². The molecule has 7 nitrogen and oxygen atoms in total. The highest BCUT2D eigenvalue weighted by Gasteiger charge is 2.13. The number of guanidine groups is 1. The van der Waals surface area contributed by atoms with E-state index in [1.54, 1.807) is 25.2 Å². The summed E-state index contributed by atoms with van der Waals surface area (Å²) in [6.45, 7) is 1.21. The Hall–Kier alpha value is -2.54. The van der Waals surface area contributed by atoms with E-state index in [1.807, 2.05) is 53.9 Å². The molecule has 1 aromatic heterocycles. The monoisotopic (exact) mass is 376 g/mol. The van der Waals surface area contributed by atoms with Crippen LogP contribution in [0.15, 0.2) is 41.5 Å². The number of nitrogens with zero attached hydrogens (tertiary/aromatic N) is 5. The summed E-state index contributed by atoms with van der Waals surface area (Å²) in [6, 6.07) is 9.97. The van der Waals surface area contributed by atoms with Gasteiger partial charge in [0.2, 0.25) is 5.91 Å². The first-order valence-corrected chi connectivity index (χ1v) is 8.66. The topological polar surface area (TPSA) is 65.8 Å². The van der Waals surface area contributed by atoms with E-state index in [-0.39, 0.29) is 12.5 Å². The molecule has 0 radical (unpaired) electrons. The number of nitrogens with one attached hydrogen (secondary N) is 1. The van der Waals surface area contributed by atoms with Crippen molar-refractivity contribution in [1.29, 1.82) is 0 Å². The third-order valence-corrected chi connectivity index (χ3v) is 4.27. The van der Waals surface area contributed by atoms with Crippen molar-refractivity contribution >= 4 is 23.5 Å². The van der Waals surface area contributed by atoms with Gasteiger partial charge in [-0.3, -0.25) is 4.79 Å². The van der Waals surface area contributed by atoms with Crippen molar-refractivity contribution in [3.05, 3.63) is 53.1 Å². The number of hydrogen-bond acceptors (Lipinski definition) is 3. The van der Waals surface area contributed by atoms with Crippen LogP contribution in [-0.4, -0.2) is 58.9 Å². The second-order valence-electron chi connectivity index (χ2n) is 6.18. The quantitative estimate of drug-likeness (QED) is 0.616. The Morgan fingerprint density at radius 1 is 1.27 bits per heavy atom. The van der Waals surface area contributed by atoms with Crippen LogP contribution in [0.4, 0.5) is 0 Å². The number of hydrogen-bond donors (Lipinski definition) is 1. The van der Waals surface area contributed by atoms with E-state index in [0.29, 0.717) is 24.2 Å². The molecule has 0 saturated carbocycles. The van der Waals surface area contributed by atoms with Crippen LogP contribution in [0.2, 0.25) is 5.15 Å². The Morgan fingerprint density at radius 3 is 2.54 bits per heavy atom. The number of halogens is 1. The third-order valence-electron chi connectivity index (χ3n) is 3.92. The molecule has 0 saturated heterocycles. The molecule has 1 N–H and O–H groups in total. The maximum Gasteiger partial charge on any atom is 0.241 e. The highest BCUT2D eigenvalue weighted by Crippen LogP contribution is 2.11. The largest absolute Gasteiger partial charge is 0.347 e. The molecule has 140 valence electrons. The molecule has 0 unspecified atom stereocenters. The molecule has 26 heavy (non-hydrogen) atoms. The fourth-order valence-corrected chi connectivity index (χ4v) is 2.38. The molecule has 1 amide bonds. The molecule has 2 rings (SSSR count). The maximum absolute atomic E-state index is 11.9. The molecule has 0 aliphatic heterocycles. The standard InChI is InChI=1S/C18H25ClN6O/c1-23(2)17(26)12-22-18(21-10-14-8-6-5-7-9-14)24(3)13-16-20-11-15(19)25(16)4/h5-9,11H,10,12-13H2,1-4H3,(H,21,22). The molecule has 1 heterocycles. The minimum atomic E-state index is -0.0224. The molecular weight excluding hydrogens is 352 g/mol. The number of benzene rings is 1. The fraction of sp³-hybridized carbons (Fsp3) is 0.389. The van der Waals surface area contributed by atoms with Crippen molar-refractivity contribution in [2.45, 2.75) is 13.1 Å². The number of amides is 1. The number of carbonyl (C=O) groups is 1. The lowest BCUT2D eigenvalue weighted by molar-refractivity contribution is -0.127. The number of carbonyl (C=O) groups excluding carboxylic acids is 1. The van der Waals surface area contributed by atoms with E-state index in [9.17, 15) is 4.79 Å². The van der Waals surface area contributed by atoms with E-state index in [0.717, 1.165) is 11.4 Å². The predicted octanol–water partition coefficient (Wildman–Crippen LogP) is 1.74. The van der Waals surface area contributed by atoms with Crippen molar-refractivity contribution in [1.82, 2.24) is 24.7 Å². The van der Waals surface area contributed by atoms with Gasteiger partial charge in [-0.1, -0.05) is 41.9 Å². The number of aromatic nitrogens is 2. The molecule has 2 aromatic rings. The van der Waals surface area contributed by atoms with Crippen LogP contribution >= 0.6 is 11.6 Å². The summed E-state index contributed by atoms with van der Waals surface area (Å²) in [4.78, 5) is 24.3. The zero-order chi connectivity index (χ0) is 19.1. The van der Waals surface area contributed by atoms with Crippen LogP contribution in [0, 0.1) is 0 Å². The van der Waals surface area contributed by atoms with Gasteiger partial charge in [0, 0.05) is 28.2 Å². The second-order valence-corrected chi connectivity index (χ2v) is 6.57. The normalized spacial score (nSPS) is 11.3. The first kappa shape index (κ1) is 19.8. The molecule has 0 atom stereocenters. The molecule has 8 heteroatoms. The Kier molecular flexibility index (Phi) is 7.03. The molecule has 0 spiro atoms. The van der Waals surface area contributed by atoms with Crippen molar-refractivity contribution in [2.24, 2.45) is 12.0 Å². The van der Waals surface area contributed by atoms with Crippen molar-refractivity contribution in [2.75, 3.05) is 27.7 Å². The number of imidazole rings is 1. The van der Waals surface area contributed by atoms with Gasteiger partial charge in [0.25, 0.3) is 0 Å². The van der Waals surface area contributed by atoms with Crippen LogP contribution in [0.1, 0.15) is 11.4 Å². The van der Waals surface area contributed by atoms with E-state index in [2.05, 4.69) is 15.3 Å². The number of rotatable bonds is 6. The van der Waals surface area contributed by atoms with Crippen LogP contribution in [0.25, 0.3) is 0 Å². The SMILES string of the molecule is CN(C)C(=O)CNC(=NCc1ccccc1)N(C)Cc1ncc(Cl)n1C. The lowest BCUT2D eigenvalue weighted by atomic mass is 10.2. The van der Waals surface area contributed by atoms with E-state index in [1.165, 1.54) is 0 Å². The second kappa shape index (κ2) is 9.24.